The van der Waals surface area contributed by atoms with Gasteiger partial charge in [-0.25, -0.2) is 0 Å². The van der Waals surface area contributed by atoms with Crippen molar-refractivity contribution < 1.29 is 15.1 Å². The van der Waals surface area contributed by atoms with Crippen LogP contribution < -0.4 is 0 Å². The number of nitro benzene ring substituents is 1. The van der Waals surface area contributed by atoms with Crippen molar-refractivity contribution >= 4 is 21.6 Å². The third kappa shape index (κ3) is 1.96. The highest BCUT2D eigenvalue weighted by Gasteiger charge is 2.17. The Kier molecular flexibility index (Phi) is 2.84. The lowest BCUT2D eigenvalue weighted by Crippen LogP contribution is -1.92. The topological polar surface area (TPSA) is 83.6 Å². The third-order valence-corrected chi connectivity index (χ3v) is 2.09. The van der Waals surface area contributed by atoms with Crippen LogP contribution in [-0.2, 0) is 6.61 Å². The molecule has 0 aliphatic rings. The van der Waals surface area contributed by atoms with Gasteiger partial charge < -0.3 is 10.2 Å². The Bertz CT molecular complexity index is 353. The summed E-state index contributed by atoms with van der Waals surface area (Å²) in [6.07, 6.45) is 0. The third-order valence-electron chi connectivity index (χ3n) is 1.48. The van der Waals surface area contributed by atoms with Crippen LogP contribution in [0.5, 0.6) is 5.75 Å². The summed E-state index contributed by atoms with van der Waals surface area (Å²) in [5.41, 5.74) is -0.0465. The Morgan fingerprint density at radius 3 is 2.62 bits per heavy atom. The average Bonchev–Trinajstić information content (AvgIpc) is 2.09. The lowest BCUT2D eigenvalue weighted by atomic mass is 10.2. The van der Waals surface area contributed by atoms with Gasteiger partial charge in [-0.05, 0) is 27.6 Å². The van der Waals surface area contributed by atoms with Crippen LogP contribution >= 0.6 is 15.9 Å². The fourth-order valence-electron chi connectivity index (χ4n) is 0.870. The van der Waals surface area contributed by atoms with E-state index in [1.165, 1.54) is 6.07 Å². The first-order valence-corrected chi connectivity index (χ1v) is 4.12. The number of phenolic OH excluding ortho intramolecular Hbond substituents is 1. The first-order chi connectivity index (χ1) is 6.06. The minimum atomic E-state index is -0.709. The van der Waals surface area contributed by atoms with Crippen LogP contribution in [0.3, 0.4) is 0 Å². The van der Waals surface area contributed by atoms with E-state index in [0.717, 1.165) is 6.07 Å². The Morgan fingerprint density at radius 1 is 1.54 bits per heavy atom. The second-order valence-corrected chi connectivity index (χ2v) is 3.21. The molecule has 0 aromatic heterocycles. The molecule has 1 aromatic carbocycles. The van der Waals surface area contributed by atoms with Gasteiger partial charge in [-0.15, -0.1) is 0 Å². The quantitative estimate of drug-likeness (QED) is 0.614. The maximum absolute atomic E-state index is 10.4. The number of nitrogens with zero attached hydrogens (tertiary/aromatic N) is 1. The molecule has 5 nitrogen and oxygen atoms in total. The van der Waals surface area contributed by atoms with Gasteiger partial charge in [-0.3, -0.25) is 10.1 Å². The van der Waals surface area contributed by atoms with Crippen molar-refractivity contribution in [2.75, 3.05) is 0 Å². The zero-order valence-corrected chi connectivity index (χ0v) is 7.98. The van der Waals surface area contributed by atoms with Crippen LogP contribution in [0.1, 0.15) is 5.56 Å². The molecule has 1 rings (SSSR count). The predicted octanol–water partition coefficient (Wildman–Crippen LogP) is 1.56. The fraction of sp³-hybridized carbons (Fsp3) is 0.143. The number of benzene rings is 1. The summed E-state index contributed by atoms with van der Waals surface area (Å²) >= 11 is 2.94. The van der Waals surface area contributed by atoms with E-state index in [9.17, 15) is 15.2 Å². The molecule has 0 saturated carbocycles. The first kappa shape index (κ1) is 9.94. The number of rotatable bonds is 2. The van der Waals surface area contributed by atoms with Crippen LogP contribution in [0.2, 0.25) is 0 Å². The summed E-state index contributed by atoms with van der Waals surface area (Å²) in [5.74, 6) is -0.429. The highest BCUT2D eigenvalue weighted by Crippen LogP contribution is 2.34. The lowest BCUT2D eigenvalue weighted by molar-refractivity contribution is -0.386. The summed E-state index contributed by atoms with van der Waals surface area (Å²) in [4.78, 5) is 9.68. The van der Waals surface area contributed by atoms with E-state index in [0.29, 0.717) is 5.56 Å². The van der Waals surface area contributed by atoms with E-state index in [2.05, 4.69) is 15.9 Å². The molecule has 0 spiro atoms. The normalized spacial score (nSPS) is 10.0. The molecule has 0 radical (unpaired) electrons. The van der Waals surface area contributed by atoms with Gasteiger partial charge in [0.05, 0.1) is 16.0 Å². The Morgan fingerprint density at radius 2 is 2.15 bits per heavy atom. The molecular weight excluding hydrogens is 242 g/mol. The summed E-state index contributed by atoms with van der Waals surface area (Å²) < 4.78 is 0.200. The minimum Gasteiger partial charge on any atom is -0.501 e. The number of aromatic hydroxyl groups is 1. The zero-order valence-electron chi connectivity index (χ0n) is 6.40. The molecule has 0 aliphatic heterocycles. The SMILES string of the molecule is O=[N+]([O-])c1cc(CO)cc(Br)c1O. The van der Waals surface area contributed by atoms with E-state index < -0.39 is 16.4 Å². The number of halogens is 1. The molecule has 0 unspecified atom stereocenters. The maximum atomic E-state index is 10.4. The van der Waals surface area contributed by atoms with E-state index in [1.54, 1.807) is 0 Å². The zero-order chi connectivity index (χ0) is 10.0. The molecular formula is C7H6BrNO4. The second kappa shape index (κ2) is 3.71. The molecule has 70 valence electrons. The Hall–Kier alpha value is -1.14. The highest BCUT2D eigenvalue weighted by atomic mass is 79.9. The minimum absolute atomic E-state index is 0.200. The number of hydrogen-bond acceptors (Lipinski definition) is 4. The molecule has 0 atom stereocenters. The fourth-order valence-corrected chi connectivity index (χ4v) is 1.37. The van der Waals surface area contributed by atoms with Crippen LogP contribution in [0, 0.1) is 10.1 Å². The molecule has 13 heavy (non-hydrogen) atoms. The van der Waals surface area contributed by atoms with Gasteiger partial charge in [0.2, 0.25) is 5.75 Å². The van der Waals surface area contributed by atoms with E-state index in [1.807, 2.05) is 0 Å². The van der Waals surface area contributed by atoms with Crippen molar-refractivity contribution in [3.8, 4) is 5.75 Å². The van der Waals surface area contributed by atoms with Gasteiger partial charge in [0.25, 0.3) is 0 Å². The second-order valence-electron chi connectivity index (χ2n) is 2.36. The van der Waals surface area contributed by atoms with Crippen LogP contribution in [0.4, 0.5) is 5.69 Å². The lowest BCUT2D eigenvalue weighted by Gasteiger charge is -2.01. The summed E-state index contributed by atoms with van der Waals surface area (Å²) in [5, 5.41) is 28.3. The van der Waals surface area contributed by atoms with Crippen molar-refractivity contribution in [3.63, 3.8) is 0 Å². The molecule has 0 aliphatic carbocycles. The van der Waals surface area contributed by atoms with Crippen LogP contribution in [-0.4, -0.2) is 15.1 Å². The smallest absolute Gasteiger partial charge is 0.312 e. The molecule has 6 heteroatoms. The Labute approximate surface area is 81.9 Å². The largest absolute Gasteiger partial charge is 0.501 e. The summed E-state index contributed by atoms with van der Waals surface area (Å²) in [6.45, 7) is -0.306. The first-order valence-electron chi connectivity index (χ1n) is 3.33. The number of aliphatic hydroxyl groups is 1. The van der Waals surface area contributed by atoms with Crippen molar-refractivity contribution in [1.82, 2.24) is 0 Å². The van der Waals surface area contributed by atoms with Crippen LogP contribution in [0.15, 0.2) is 16.6 Å². The number of nitro groups is 1. The standard InChI is InChI=1S/C7H6BrNO4/c8-5-1-4(3-10)2-6(7(5)11)9(12)13/h1-2,10-11H,3H2. The Balaban J connectivity index is 3.33. The van der Waals surface area contributed by atoms with Crippen molar-refractivity contribution in [3.05, 3.63) is 32.3 Å². The number of aliphatic hydroxyl groups excluding tert-OH is 1. The van der Waals surface area contributed by atoms with Gasteiger partial charge in [-0.2, -0.15) is 0 Å². The van der Waals surface area contributed by atoms with Gasteiger partial charge in [0, 0.05) is 6.07 Å². The number of phenols is 1. The molecule has 0 fully saturated rings. The monoisotopic (exact) mass is 247 g/mol. The molecule has 1 aromatic rings. The maximum Gasteiger partial charge on any atom is 0.312 e. The van der Waals surface area contributed by atoms with E-state index in [-0.39, 0.29) is 11.1 Å². The van der Waals surface area contributed by atoms with Gasteiger partial charge >= 0.3 is 5.69 Å². The van der Waals surface area contributed by atoms with Crippen molar-refractivity contribution in [2.45, 2.75) is 6.61 Å². The highest BCUT2D eigenvalue weighted by molar-refractivity contribution is 9.10. The molecule has 0 bridgehead atoms. The van der Waals surface area contributed by atoms with E-state index >= 15 is 0 Å². The molecule has 0 saturated heterocycles. The van der Waals surface area contributed by atoms with Crippen LogP contribution in [0.25, 0.3) is 0 Å². The average molecular weight is 248 g/mol. The van der Waals surface area contributed by atoms with Gasteiger partial charge in [0.1, 0.15) is 0 Å². The van der Waals surface area contributed by atoms with Gasteiger partial charge in [0.15, 0.2) is 0 Å². The van der Waals surface area contributed by atoms with Crippen molar-refractivity contribution in [2.24, 2.45) is 0 Å². The van der Waals surface area contributed by atoms with Crippen molar-refractivity contribution in [1.29, 1.82) is 0 Å². The van der Waals surface area contributed by atoms with Gasteiger partial charge in [-0.1, -0.05) is 0 Å². The molecule has 2 N–H and O–H groups in total. The molecule has 0 amide bonds. The predicted molar refractivity (Wildman–Crippen MR) is 48.4 cm³/mol. The van der Waals surface area contributed by atoms with E-state index in [4.69, 9.17) is 5.11 Å². The summed E-state index contributed by atoms with van der Waals surface area (Å²) in [6, 6.07) is 2.54. The molecule has 0 heterocycles. The summed E-state index contributed by atoms with van der Waals surface area (Å²) in [7, 11) is 0. The number of hydrogen-bond donors (Lipinski definition) is 2.